The standard InChI is InChI=1S/C14H10BrClN2OS/c1-19-9-3-5-11-13(7-9)20-14(17-11)18-12-6-8(16)2-4-10(12)15/h2-7H,1H3,(H,17,18). The van der Waals surface area contributed by atoms with Gasteiger partial charge in [0.2, 0.25) is 0 Å². The van der Waals surface area contributed by atoms with Crippen LogP contribution in [0.15, 0.2) is 40.9 Å². The predicted molar refractivity (Wildman–Crippen MR) is 88.6 cm³/mol. The number of halogens is 2. The molecule has 0 unspecified atom stereocenters. The third kappa shape index (κ3) is 2.75. The van der Waals surface area contributed by atoms with Crippen molar-refractivity contribution in [3.8, 4) is 5.75 Å². The van der Waals surface area contributed by atoms with Crippen molar-refractivity contribution >= 4 is 59.9 Å². The maximum Gasteiger partial charge on any atom is 0.188 e. The average molecular weight is 370 g/mol. The molecule has 0 saturated carbocycles. The monoisotopic (exact) mass is 368 g/mol. The Bertz CT molecular complexity index is 775. The first-order valence-electron chi connectivity index (χ1n) is 5.82. The minimum Gasteiger partial charge on any atom is -0.497 e. The smallest absolute Gasteiger partial charge is 0.188 e. The number of benzene rings is 2. The van der Waals surface area contributed by atoms with Gasteiger partial charge in [0.15, 0.2) is 5.13 Å². The van der Waals surface area contributed by atoms with Crippen molar-refractivity contribution in [3.05, 3.63) is 45.9 Å². The minimum atomic E-state index is 0.679. The first-order chi connectivity index (χ1) is 9.65. The van der Waals surface area contributed by atoms with Gasteiger partial charge < -0.3 is 10.1 Å². The van der Waals surface area contributed by atoms with Crippen molar-refractivity contribution in [3.63, 3.8) is 0 Å². The van der Waals surface area contributed by atoms with Crippen LogP contribution in [0.4, 0.5) is 10.8 Å². The number of hydrogen-bond donors (Lipinski definition) is 1. The number of nitrogens with one attached hydrogen (secondary N) is 1. The molecule has 0 bridgehead atoms. The van der Waals surface area contributed by atoms with Gasteiger partial charge in [0.1, 0.15) is 5.75 Å². The van der Waals surface area contributed by atoms with Crippen molar-refractivity contribution < 1.29 is 4.74 Å². The second-order valence-corrected chi connectivity index (χ2v) is 6.42. The van der Waals surface area contributed by atoms with Crippen molar-refractivity contribution in [2.75, 3.05) is 12.4 Å². The van der Waals surface area contributed by atoms with Crippen molar-refractivity contribution in [2.45, 2.75) is 0 Å². The number of rotatable bonds is 3. The van der Waals surface area contributed by atoms with Crippen LogP contribution in [0.5, 0.6) is 5.75 Å². The molecule has 20 heavy (non-hydrogen) atoms. The summed E-state index contributed by atoms with van der Waals surface area (Å²) in [6.45, 7) is 0. The maximum atomic E-state index is 6.01. The van der Waals surface area contributed by atoms with Crippen LogP contribution in [-0.2, 0) is 0 Å². The van der Waals surface area contributed by atoms with Crippen LogP contribution in [0.3, 0.4) is 0 Å². The zero-order chi connectivity index (χ0) is 14.1. The number of ether oxygens (including phenoxy) is 1. The molecule has 3 nitrogen and oxygen atoms in total. The van der Waals surface area contributed by atoms with Gasteiger partial charge in [-0.2, -0.15) is 0 Å². The Morgan fingerprint density at radius 3 is 2.90 bits per heavy atom. The summed E-state index contributed by atoms with van der Waals surface area (Å²) in [6.07, 6.45) is 0. The maximum absolute atomic E-state index is 6.01. The molecule has 0 aliphatic heterocycles. The van der Waals surface area contributed by atoms with Crippen molar-refractivity contribution in [2.24, 2.45) is 0 Å². The molecule has 0 spiro atoms. The molecule has 1 heterocycles. The van der Waals surface area contributed by atoms with Crippen LogP contribution in [0.25, 0.3) is 10.2 Å². The van der Waals surface area contributed by atoms with Gasteiger partial charge in [-0.3, -0.25) is 0 Å². The van der Waals surface area contributed by atoms with E-state index < -0.39 is 0 Å². The number of nitrogens with zero attached hydrogens (tertiary/aromatic N) is 1. The third-order valence-electron chi connectivity index (χ3n) is 2.77. The zero-order valence-corrected chi connectivity index (χ0v) is 13.6. The quantitative estimate of drug-likeness (QED) is 0.665. The lowest BCUT2D eigenvalue weighted by atomic mass is 10.3. The van der Waals surface area contributed by atoms with Crippen LogP contribution in [0, 0.1) is 0 Å². The van der Waals surface area contributed by atoms with E-state index in [2.05, 4.69) is 26.2 Å². The number of aromatic nitrogens is 1. The summed E-state index contributed by atoms with van der Waals surface area (Å²) < 4.78 is 7.24. The molecule has 0 aliphatic rings. The van der Waals surface area contributed by atoms with Gasteiger partial charge in [-0.05, 0) is 52.3 Å². The van der Waals surface area contributed by atoms with Crippen LogP contribution in [0.2, 0.25) is 5.02 Å². The number of fused-ring (bicyclic) bond motifs is 1. The Balaban J connectivity index is 1.96. The highest BCUT2D eigenvalue weighted by Crippen LogP contribution is 2.34. The summed E-state index contributed by atoms with van der Waals surface area (Å²) in [5, 5.41) is 4.77. The van der Waals surface area contributed by atoms with E-state index in [0.717, 1.165) is 31.3 Å². The van der Waals surface area contributed by atoms with Gasteiger partial charge in [0.25, 0.3) is 0 Å². The highest BCUT2D eigenvalue weighted by molar-refractivity contribution is 9.10. The molecule has 0 radical (unpaired) electrons. The lowest BCUT2D eigenvalue weighted by Gasteiger charge is -2.05. The molecular formula is C14H10BrClN2OS. The number of hydrogen-bond acceptors (Lipinski definition) is 4. The van der Waals surface area contributed by atoms with E-state index in [-0.39, 0.29) is 0 Å². The van der Waals surface area contributed by atoms with Crippen LogP contribution >= 0.6 is 38.9 Å². The molecule has 3 aromatic rings. The second kappa shape index (κ2) is 5.60. The fraction of sp³-hybridized carbons (Fsp3) is 0.0714. The van der Waals surface area contributed by atoms with Crippen LogP contribution in [0.1, 0.15) is 0 Å². The molecule has 0 amide bonds. The normalized spacial score (nSPS) is 10.8. The van der Waals surface area contributed by atoms with Gasteiger partial charge in [-0.1, -0.05) is 22.9 Å². The number of anilines is 2. The van der Waals surface area contributed by atoms with Gasteiger partial charge in [0, 0.05) is 9.50 Å². The van der Waals surface area contributed by atoms with Gasteiger partial charge >= 0.3 is 0 Å². The molecule has 0 aliphatic carbocycles. The first-order valence-corrected chi connectivity index (χ1v) is 7.81. The third-order valence-corrected chi connectivity index (χ3v) is 4.63. The summed E-state index contributed by atoms with van der Waals surface area (Å²) >= 11 is 11.1. The molecule has 3 rings (SSSR count). The second-order valence-electron chi connectivity index (χ2n) is 4.10. The minimum absolute atomic E-state index is 0.679. The predicted octanol–water partition coefficient (Wildman–Crippen LogP) is 5.46. The molecule has 1 aromatic heterocycles. The molecule has 102 valence electrons. The lowest BCUT2D eigenvalue weighted by molar-refractivity contribution is 0.415. The van der Waals surface area contributed by atoms with Crippen molar-refractivity contribution in [1.82, 2.24) is 4.98 Å². The summed E-state index contributed by atoms with van der Waals surface area (Å²) in [6, 6.07) is 11.4. The van der Waals surface area contributed by atoms with Gasteiger partial charge in [-0.25, -0.2) is 4.98 Å². The zero-order valence-electron chi connectivity index (χ0n) is 10.5. The Morgan fingerprint density at radius 2 is 2.10 bits per heavy atom. The van der Waals surface area contributed by atoms with E-state index in [4.69, 9.17) is 16.3 Å². The first kappa shape index (κ1) is 13.7. The highest BCUT2D eigenvalue weighted by Gasteiger charge is 2.07. The lowest BCUT2D eigenvalue weighted by Crippen LogP contribution is -1.90. The summed E-state index contributed by atoms with van der Waals surface area (Å²) in [4.78, 5) is 4.54. The molecule has 6 heteroatoms. The van der Waals surface area contributed by atoms with E-state index in [1.54, 1.807) is 18.4 Å². The van der Waals surface area contributed by atoms with E-state index >= 15 is 0 Å². The Hall–Kier alpha value is -1.30. The van der Waals surface area contributed by atoms with Crippen molar-refractivity contribution in [1.29, 1.82) is 0 Å². The van der Waals surface area contributed by atoms with E-state index in [9.17, 15) is 0 Å². The van der Waals surface area contributed by atoms with Gasteiger partial charge in [0.05, 0.1) is 23.0 Å². The summed E-state index contributed by atoms with van der Waals surface area (Å²) in [5.74, 6) is 0.830. The fourth-order valence-corrected chi connectivity index (χ4v) is 3.22. The van der Waals surface area contributed by atoms with Gasteiger partial charge in [-0.15, -0.1) is 0 Å². The highest BCUT2D eigenvalue weighted by atomic mass is 79.9. The largest absolute Gasteiger partial charge is 0.497 e. The van der Waals surface area contributed by atoms with E-state index in [0.29, 0.717) is 5.02 Å². The topological polar surface area (TPSA) is 34.1 Å². The van der Waals surface area contributed by atoms with E-state index in [1.807, 2.05) is 36.4 Å². The summed E-state index contributed by atoms with van der Waals surface area (Å²) in [5.41, 5.74) is 1.83. The Kier molecular flexibility index (Phi) is 3.83. The number of methoxy groups -OCH3 is 1. The summed E-state index contributed by atoms with van der Waals surface area (Å²) in [7, 11) is 1.66. The molecular weight excluding hydrogens is 360 g/mol. The SMILES string of the molecule is COc1ccc2nc(Nc3cc(Cl)ccc3Br)sc2c1. The fourth-order valence-electron chi connectivity index (χ4n) is 1.79. The molecule has 0 saturated heterocycles. The Morgan fingerprint density at radius 1 is 1.25 bits per heavy atom. The van der Waals surface area contributed by atoms with Crippen LogP contribution < -0.4 is 10.1 Å². The molecule has 0 atom stereocenters. The average Bonchev–Trinajstić information content (AvgIpc) is 2.84. The molecule has 2 aromatic carbocycles. The Labute approximate surface area is 133 Å². The number of thiazole rings is 1. The van der Waals surface area contributed by atoms with E-state index in [1.165, 1.54) is 0 Å². The molecule has 1 N–H and O–H groups in total. The van der Waals surface area contributed by atoms with Crippen LogP contribution in [-0.4, -0.2) is 12.1 Å². The molecule has 0 fully saturated rings.